The van der Waals surface area contributed by atoms with Crippen LogP contribution in [0.15, 0.2) is 0 Å². The van der Waals surface area contributed by atoms with Crippen molar-refractivity contribution in [2.75, 3.05) is 26.2 Å². The summed E-state index contributed by atoms with van der Waals surface area (Å²) < 4.78 is 2.04. The highest BCUT2D eigenvalue weighted by molar-refractivity contribution is 5.79. The molecule has 2 rings (SSSR count). The first-order chi connectivity index (χ1) is 12.0. The van der Waals surface area contributed by atoms with Crippen LogP contribution in [0.4, 0.5) is 0 Å². The maximum Gasteiger partial charge on any atom is 0.224 e. The molecule has 0 aromatic carbocycles. The fraction of sp³-hybridized carbons (Fsp3) is 0.800. The molecule has 1 N–H and O–H groups in total. The Kier molecular flexibility index (Phi) is 7.94. The van der Waals surface area contributed by atoms with Crippen molar-refractivity contribution in [2.45, 2.75) is 72.8 Å². The predicted octanol–water partition coefficient (Wildman–Crippen LogP) is 3.08. The third-order valence-corrected chi connectivity index (χ3v) is 5.08. The Morgan fingerprint density at radius 3 is 2.48 bits per heavy atom. The molecule has 25 heavy (non-hydrogen) atoms. The van der Waals surface area contributed by atoms with Crippen LogP contribution in [0.2, 0.25) is 0 Å². The lowest BCUT2D eigenvalue weighted by Gasteiger charge is -2.19. The third kappa shape index (κ3) is 6.46. The van der Waals surface area contributed by atoms with Gasteiger partial charge in [-0.05, 0) is 58.7 Å². The largest absolute Gasteiger partial charge is 0.356 e. The Morgan fingerprint density at radius 2 is 1.84 bits per heavy atom. The molecule has 2 heterocycles. The maximum atomic E-state index is 12.3. The van der Waals surface area contributed by atoms with Crippen LogP contribution in [-0.4, -0.2) is 46.8 Å². The van der Waals surface area contributed by atoms with Crippen LogP contribution in [0.1, 0.15) is 62.9 Å². The average Bonchev–Trinajstić information content (AvgIpc) is 2.76. The van der Waals surface area contributed by atoms with Gasteiger partial charge < -0.3 is 10.2 Å². The number of aryl methyl sites for hydroxylation is 1. The molecular weight excluding hydrogens is 312 g/mol. The summed E-state index contributed by atoms with van der Waals surface area (Å²) in [4.78, 5) is 14.8. The number of aromatic nitrogens is 2. The number of nitrogens with zero attached hydrogens (tertiary/aromatic N) is 3. The standard InChI is InChI=1S/C20H36N4O/c1-16(2)15-24-18(4)19(17(3)22-24)14-20(25)21-10-9-13-23-11-7-5-6-8-12-23/h16H,5-15H2,1-4H3,(H,21,25). The molecule has 5 nitrogen and oxygen atoms in total. The van der Waals surface area contributed by atoms with Crippen molar-refractivity contribution < 1.29 is 4.79 Å². The van der Waals surface area contributed by atoms with Gasteiger partial charge in [-0.15, -0.1) is 0 Å². The van der Waals surface area contributed by atoms with E-state index in [0.717, 1.165) is 43.0 Å². The summed E-state index contributed by atoms with van der Waals surface area (Å²) in [6, 6.07) is 0. The van der Waals surface area contributed by atoms with Gasteiger partial charge in [-0.1, -0.05) is 26.7 Å². The van der Waals surface area contributed by atoms with E-state index < -0.39 is 0 Å². The molecule has 5 heteroatoms. The first-order valence-corrected chi connectivity index (χ1v) is 9.99. The van der Waals surface area contributed by atoms with E-state index in [0.29, 0.717) is 12.3 Å². The summed E-state index contributed by atoms with van der Waals surface area (Å²) in [5, 5.41) is 7.69. The van der Waals surface area contributed by atoms with E-state index in [-0.39, 0.29) is 5.91 Å². The molecule has 0 bridgehead atoms. The highest BCUT2D eigenvalue weighted by Crippen LogP contribution is 2.15. The molecule has 142 valence electrons. The summed E-state index contributed by atoms with van der Waals surface area (Å²) >= 11 is 0. The van der Waals surface area contributed by atoms with Crippen LogP contribution in [-0.2, 0) is 17.8 Å². The Labute approximate surface area is 153 Å². The molecular formula is C20H36N4O. The first kappa shape index (κ1) is 20.0. The molecule has 0 aliphatic carbocycles. The number of hydrogen-bond donors (Lipinski definition) is 1. The van der Waals surface area contributed by atoms with Gasteiger partial charge in [0, 0.05) is 24.3 Å². The van der Waals surface area contributed by atoms with Crippen molar-refractivity contribution in [1.29, 1.82) is 0 Å². The molecule has 0 atom stereocenters. The number of likely N-dealkylation sites (tertiary alicyclic amines) is 1. The number of carbonyl (C=O) groups is 1. The normalized spacial score (nSPS) is 16.2. The van der Waals surface area contributed by atoms with Gasteiger partial charge >= 0.3 is 0 Å². The summed E-state index contributed by atoms with van der Waals surface area (Å²) in [6.07, 6.45) is 6.87. The van der Waals surface area contributed by atoms with Crippen molar-refractivity contribution in [3.05, 3.63) is 17.0 Å². The lowest BCUT2D eigenvalue weighted by atomic mass is 10.1. The first-order valence-electron chi connectivity index (χ1n) is 9.99. The van der Waals surface area contributed by atoms with E-state index in [1.165, 1.54) is 38.8 Å². The smallest absolute Gasteiger partial charge is 0.224 e. The zero-order valence-corrected chi connectivity index (χ0v) is 16.6. The van der Waals surface area contributed by atoms with E-state index in [1.54, 1.807) is 0 Å². The minimum Gasteiger partial charge on any atom is -0.356 e. The van der Waals surface area contributed by atoms with Gasteiger partial charge in [-0.25, -0.2) is 0 Å². The molecule has 0 unspecified atom stereocenters. The quantitative estimate of drug-likeness (QED) is 0.735. The summed E-state index contributed by atoms with van der Waals surface area (Å²) in [5.41, 5.74) is 3.20. The average molecular weight is 349 g/mol. The van der Waals surface area contributed by atoms with Crippen molar-refractivity contribution in [3.8, 4) is 0 Å². The second-order valence-electron chi connectivity index (χ2n) is 7.86. The van der Waals surface area contributed by atoms with E-state index in [9.17, 15) is 4.79 Å². The van der Waals surface area contributed by atoms with E-state index >= 15 is 0 Å². The monoisotopic (exact) mass is 348 g/mol. The highest BCUT2D eigenvalue weighted by atomic mass is 16.1. The number of carbonyl (C=O) groups excluding carboxylic acids is 1. The van der Waals surface area contributed by atoms with Gasteiger partial charge in [0.25, 0.3) is 0 Å². The van der Waals surface area contributed by atoms with Crippen molar-refractivity contribution in [2.24, 2.45) is 5.92 Å². The molecule has 1 amide bonds. The van der Waals surface area contributed by atoms with Crippen molar-refractivity contribution in [1.82, 2.24) is 20.0 Å². The molecule has 0 spiro atoms. The van der Waals surface area contributed by atoms with Crippen molar-refractivity contribution in [3.63, 3.8) is 0 Å². The Hall–Kier alpha value is -1.36. The predicted molar refractivity (Wildman–Crippen MR) is 103 cm³/mol. The fourth-order valence-electron chi connectivity index (χ4n) is 3.63. The van der Waals surface area contributed by atoms with Crippen molar-refractivity contribution >= 4 is 5.91 Å². The molecule has 1 aromatic heterocycles. The van der Waals surface area contributed by atoms with Gasteiger partial charge in [-0.3, -0.25) is 9.48 Å². The topological polar surface area (TPSA) is 50.2 Å². The van der Waals surface area contributed by atoms with Crippen LogP contribution < -0.4 is 5.32 Å². The molecule has 1 fully saturated rings. The van der Waals surface area contributed by atoms with E-state index in [1.807, 2.05) is 11.6 Å². The van der Waals surface area contributed by atoms with E-state index in [2.05, 4.69) is 36.1 Å². The van der Waals surface area contributed by atoms with E-state index in [4.69, 9.17) is 0 Å². The fourth-order valence-corrected chi connectivity index (χ4v) is 3.63. The summed E-state index contributed by atoms with van der Waals surface area (Å²) in [5.74, 6) is 0.671. The minimum absolute atomic E-state index is 0.117. The SMILES string of the molecule is Cc1nn(CC(C)C)c(C)c1CC(=O)NCCCN1CCCCCC1. The highest BCUT2D eigenvalue weighted by Gasteiger charge is 2.15. The molecule has 1 aromatic rings. The molecule has 0 saturated carbocycles. The number of hydrogen-bond acceptors (Lipinski definition) is 3. The maximum absolute atomic E-state index is 12.3. The second kappa shape index (κ2) is 9.95. The lowest BCUT2D eigenvalue weighted by Crippen LogP contribution is -2.31. The number of nitrogens with one attached hydrogen (secondary N) is 1. The van der Waals surface area contributed by atoms with Gasteiger partial charge in [-0.2, -0.15) is 5.10 Å². The zero-order valence-electron chi connectivity index (χ0n) is 16.6. The Balaban J connectivity index is 1.74. The Morgan fingerprint density at radius 1 is 1.16 bits per heavy atom. The third-order valence-electron chi connectivity index (χ3n) is 5.08. The molecule has 0 radical (unpaired) electrons. The lowest BCUT2D eigenvalue weighted by molar-refractivity contribution is -0.120. The summed E-state index contributed by atoms with van der Waals surface area (Å²) in [7, 11) is 0. The number of amides is 1. The minimum atomic E-state index is 0.117. The van der Waals surface area contributed by atoms with Crippen LogP contribution in [0, 0.1) is 19.8 Å². The van der Waals surface area contributed by atoms with Gasteiger partial charge in [0.05, 0.1) is 12.1 Å². The molecule has 1 aliphatic heterocycles. The van der Waals surface area contributed by atoms with Crippen LogP contribution in [0.25, 0.3) is 0 Å². The van der Waals surface area contributed by atoms with Crippen LogP contribution in [0.3, 0.4) is 0 Å². The Bertz CT molecular complexity index is 542. The van der Waals surface area contributed by atoms with Crippen LogP contribution >= 0.6 is 0 Å². The van der Waals surface area contributed by atoms with Crippen LogP contribution in [0.5, 0.6) is 0 Å². The van der Waals surface area contributed by atoms with Gasteiger partial charge in [0.2, 0.25) is 5.91 Å². The number of rotatable bonds is 8. The molecule has 1 aliphatic rings. The van der Waals surface area contributed by atoms with Gasteiger partial charge in [0.15, 0.2) is 0 Å². The second-order valence-corrected chi connectivity index (χ2v) is 7.86. The summed E-state index contributed by atoms with van der Waals surface area (Å²) in [6.45, 7) is 13.7. The zero-order chi connectivity index (χ0) is 18.2. The molecule has 1 saturated heterocycles. The van der Waals surface area contributed by atoms with Gasteiger partial charge in [0.1, 0.15) is 0 Å².